The van der Waals surface area contributed by atoms with Crippen LogP contribution in [0.15, 0.2) is 42.5 Å². The Morgan fingerprint density at radius 3 is 2.46 bits per heavy atom. The second-order valence-corrected chi connectivity index (χ2v) is 12.0. The number of aliphatic hydroxyl groups is 1. The van der Waals surface area contributed by atoms with Crippen molar-refractivity contribution in [2.45, 2.75) is 82.2 Å². The predicted octanol–water partition coefficient (Wildman–Crippen LogP) is 3.20. The Labute approximate surface area is 241 Å². The van der Waals surface area contributed by atoms with Crippen molar-refractivity contribution in [3.05, 3.63) is 48.0 Å². The number of carbonyl (C=O) groups is 3. The molecule has 2 saturated heterocycles. The van der Waals surface area contributed by atoms with E-state index in [9.17, 15) is 19.5 Å². The number of allylic oxidation sites excluding steroid dienone is 1. The number of rotatable bonds is 12. The van der Waals surface area contributed by atoms with E-state index in [0.29, 0.717) is 12.8 Å². The van der Waals surface area contributed by atoms with Crippen LogP contribution < -0.4 is 5.32 Å². The molecule has 10 nitrogen and oxygen atoms in total. The number of carbonyl (C=O) groups excluding carboxylic acids is 3. The van der Waals surface area contributed by atoms with E-state index in [4.69, 9.17) is 23.7 Å². The third-order valence-corrected chi connectivity index (χ3v) is 9.37. The van der Waals surface area contributed by atoms with E-state index in [2.05, 4.69) is 5.32 Å². The molecule has 1 aliphatic carbocycles. The van der Waals surface area contributed by atoms with Crippen LogP contribution in [-0.4, -0.2) is 79.5 Å². The highest BCUT2D eigenvalue weighted by Crippen LogP contribution is 2.63. The van der Waals surface area contributed by atoms with Crippen molar-refractivity contribution >= 4 is 17.8 Å². The Morgan fingerprint density at radius 1 is 1.20 bits per heavy atom. The molecule has 2 heterocycles. The molecular weight excluding hydrogens is 530 g/mol. The average molecular weight is 574 g/mol. The summed E-state index contributed by atoms with van der Waals surface area (Å²) in [5.41, 5.74) is -2.66. The van der Waals surface area contributed by atoms with E-state index in [1.165, 1.54) is 28.3 Å². The third-order valence-electron chi connectivity index (χ3n) is 9.37. The molecular formula is C31H43NO9. The molecule has 1 aromatic carbocycles. The van der Waals surface area contributed by atoms with Crippen LogP contribution in [0.25, 0.3) is 0 Å². The van der Waals surface area contributed by atoms with Gasteiger partial charge in [0, 0.05) is 38.5 Å². The Hall–Kier alpha value is -2.79. The highest BCUT2D eigenvalue weighted by molar-refractivity contribution is 5.92. The molecule has 1 aromatic rings. The molecule has 3 fully saturated rings. The van der Waals surface area contributed by atoms with Crippen LogP contribution in [0.1, 0.15) is 46.1 Å². The number of benzene rings is 1. The smallest absolute Gasteiger partial charge is 0.438 e. The van der Waals surface area contributed by atoms with Gasteiger partial charge in [-0.25, -0.2) is 4.79 Å². The van der Waals surface area contributed by atoms with Crippen LogP contribution in [0.2, 0.25) is 0 Å². The van der Waals surface area contributed by atoms with E-state index in [1.54, 1.807) is 6.92 Å². The van der Waals surface area contributed by atoms with Crippen molar-refractivity contribution in [2.75, 3.05) is 21.3 Å². The number of nitrogens with one attached hydrogen (secondary N) is 1. The van der Waals surface area contributed by atoms with Crippen LogP contribution in [0, 0.1) is 23.7 Å². The first-order valence-corrected chi connectivity index (χ1v) is 14.1. The summed E-state index contributed by atoms with van der Waals surface area (Å²) in [6.45, 7) is 7.25. The standard InChI is InChI=1S/C31H43NO9/c1-18(25(33)29(3,36)17-23(37-5)38-6)12-11-15-21-26-30(4,40-26)19(2)24-22(16-20-13-9-8-10-14-20)32-27(34)31(21,24)41-28(35)39-7/h8-11,13-15,18-19,21-24,26,36H,12,16-17H2,1-7H3,(H,32,34). The lowest BCUT2D eigenvalue weighted by molar-refractivity contribution is -0.161. The van der Waals surface area contributed by atoms with Gasteiger partial charge in [-0.2, -0.15) is 0 Å². The van der Waals surface area contributed by atoms with Gasteiger partial charge in [0.1, 0.15) is 5.60 Å². The summed E-state index contributed by atoms with van der Waals surface area (Å²) in [7, 11) is 4.11. The molecule has 9 unspecified atom stereocenters. The minimum absolute atomic E-state index is 0.0115. The molecule has 10 heteroatoms. The monoisotopic (exact) mass is 573 g/mol. The molecule has 41 heavy (non-hydrogen) atoms. The summed E-state index contributed by atoms with van der Waals surface area (Å²) in [5, 5.41) is 14.0. The van der Waals surface area contributed by atoms with Gasteiger partial charge in [-0.05, 0) is 38.2 Å². The van der Waals surface area contributed by atoms with Crippen molar-refractivity contribution in [3.8, 4) is 0 Å². The zero-order valence-corrected chi connectivity index (χ0v) is 24.9. The maximum Gasteiger partial charge on any atom is 0.509 e. The fourth-order valence-electron chi connectivity index (χ4n) is 6.94. The molecule has 4 rings (SSSR count). The van der Waals surface area contributed by atoms with Gasteiger partial charge < -0.3 is 34.1 Å². The van der Waals surface area contributed by atoms with Crippen molar-refractivity contribution < 1.29 is 43.2 Å². The molecule has 0 radical (unpaired) electrons. The first-order chi connectivity index (χ1) is 19.3. The fraction of sp³-hybridized carbons (Fsp3) is 0.645. The van der Waals surface area contributed by atoms with Gasteiger partial charge in [0.25, 0.3) is 5.91 Å². The van der Waals surface area contributed by atoms with Crippen molar-refractivity contribution in [1.29, 1.82) is 0 Å². The van der Waals surface area contributed by atoms with E-state index in [-0.39, 0.29) is 36.2 Å². The lowest BCUT2D eigenvalue weighted by atomic mass is 9.59. The highest BCUT2D eigenvalue weighted by atomic mass is 16.7. The van der Waals surface area contributed by atoms with E-state index in [0.717, 1.165) is 5.56 Å². The van der Waals surface area contributed by atoms with Gasteiger partial charge in [-0.1, -0.05) is 56.3 Å². The maximum atomic E-state index is 13.9. The molecule has 3 aliphatic rings. The van der Waals surface area contributed by atoms with Gasteiger partial charge in [0.05, 0.1) is 24.7 Å². The molecule has 226 valence electrons. The minimum Gasteiger partial charge on any atom is -0.438 e. The van der Waals surface area contributed by atoms with Gasteiger partial charge in [-0.3, -0.25) is 9.59 Å². The number of amides is 1. The van der Waals surface area contributed by atoms with Crippen molar-refractivity contribution in [1.82, 2.24) is 5.32 Å². The number of fused-ring (bicyclic) bond motifs is 2. The highest BCUT2D eigenvalue weighted by Gasteiger charge is 2.78. The SMILES string of the molecule is COC(=O)OC12C(=O)NC(Cc3ccccc3)C1C(C)C1(C)OC1C2C=CCC(C)C(=O)C(C)(O)CC(OC)OC. The zero-order valence-electron chi connectivity index (χ0n) is 24.9. The second kappa shape index (κ2) is 11.8. The third kappa shape index (κ3) is 5.67. The lowest BCUT2D eigenvalue weighted by Crippen LogP contribution is -2.61. The average Bonchev–Trinajstić information content (AvgIpc) is 3.57. The Bertz CT molecular complexity index is 1150. The first kappa shape index (κ1) is 31.2. The Kier molecular flexibility index (Phi) is 8.99. The van der Waals surface area contributed by atoms with Gasteiger partial charge in [0.15, 0.2) is 12.1 Å². The second-order valence-electron chi connectivity index (χ2n) is 12.0. The number of methoxy groups -OCH3 is 3. The van der Waals surface area contributed by atoms with Crippen molar-refractivity contribution in [3.63, 3.8) is 0 Å². The summed E-state index contributed by atoms with van der Waals surface area (Å²) in [6, 6.07) is 9.55. The predicted molar refractivity (Wildman–Crippen MR) is 149 cm³/mol. The number of ketones is 1. The molecule has 0 aromatic heterocycles. The summed E-state index contributed by atoms with van der Waals surface area (Å²) in [5.74, 6) is -2.40. The quantitative estimate of drug-likeness (QED) is 0.167. The maximum absolute atomic E-state index is 13.9. The molecule has 0 spiro atoms. The molecule has 9 atom stereocenters. The number of epoxide rings is 1. The van der Waals surface area contributed by atoms with E-state index in [1.807, 2.05) is 56.3 Å². The summed E-state index contributed by atoms with van der Waals surface area (Å²) in [6.07, 6.45) is 2.46. The number of hydrogen-bond acceptors (Lipinski definition) is 9. The van der Waals surface area contributed by atoms with Gasteiger partial charge in [0.2, 0.25) is 5.60 Å². The largest absolute Gasteiger partial charge is 0.509 e. The van der Waals surface area contributed by atoms with Crippen LogP contribution in [0.4, 0.5) is 4.79 Å². The van der Waals surface area contributed by atoms with Gasteiger partial charge in [-0.15, -0.1) is 0 Å². The number of ether oxygens (including phenoxy) is 5. The molecule has 2 N–H and O–H groups in total. The lowest BCUT2D eigenvalue weighted by Gasteiger charge is -2.45. The topological polar surface area (TPSA) is 133 Å². The molecule has 1 amide bonds. The van der Waals surface area contributed by atoms with Gasteiger partial charge >= 0.3 is 6.16 Å². The molecule has 0 bridgehead atoms. The van der Waals surface area contributed by atoms with E-state index >= 15 is 0 Å². The normalized spacial score (nSPS) is 34.4. The van der Waals surface area contributed by atoms with Crippen LogP contribution >= 0.6 is 0 Å². The zero-order chi connectivity index (χ0) is 30.2. The number of hydrogen-bond donors (Lipinski definition) is 2. The van der Waals surface area contributed by atoms with Crippen LogP contribution in [-0.2, 0) is 39.7 Å². The molecule has 1 saturated carbocycles. The van der Waals surface area contributed by atoms with E-state index < -0.39 is 47.0 Å². The minimum atomic E-state index is -1.65. The van der Waals surface area contributed by atoms with Crippen LogP contribution in [0.5, 0.6) is 0 Å². The summed E-state index contributed by atoms with van der Waals surface area (Å²) in [4.78, 5) is 39.6. The molecule has 2 aliphatic heterocycles. The summed E-state index contributed by atoms with van der Waals surface area (Å²) < 4.78 is 27.4. The first-order valence-electron chi connectivity index (χ1n) is 14.1. The Morgan fingerprint density at radius 2 is 1.85 bits per heavy atom. The number of Topliss-reactive ketones (excluding diaryl/α,β-unsaturated/α-hetero) is 1. The fourth-order valence-corrected chi connectivity index (χ4v) is 6.94. The van der Waals surface area contributed by atoms with Crippen LogP contribution in [0.3, 0.4) is 0 Å². The Balaban J connectivity index is 1.61. The van der Waals surface area contributed by atoms with Crippen molar-refractivity contribution in [2.24, 2.45) is 23.7 Å². The summed E-state index contributed by atoms with van der Waals surface area (Å²) >= 11 is 0.